The Bertz CT molecular complexity index is 1190. The SMILES string of the molecule is CCOC(=O)[C@@H](OC(C)(C)C)c1c(C)cc2nc(COC(C)=O)ccc2c1-c1ccc(C)cc1. The Hall–Kier alpha value is -3.25. The highest BCUT2D eigenvalue weighted by molar-refractivity contribution is 5.99. The van der Waals surface area contributed by atoms with Crippen LogP contribution in [0.2, 0.25) is 0 Å². The number of aromatic nitrogens is 1. The first-order chi connectivity index (χ1) is 16.0. The third kappa shape index (κ3) is 6.00. The van der Waals surface area contributed by atoms with Crippen molar-refractivity contribution in [1.82, 2.24) is 4.98 Å². The number of esters is 2. The molecule has 0 N–H and O–H groups in total. The van der Waals surface area contributed by atoms with Crippen LogP contribution < -0.4 is 0 Å². The molecular formula is C28H33NO5. The highest BCUT2D eigenvalue weighted by atomic mass is 16.6. The minimum Gasteiger partial charge on any atom is -0.464 e. The van der Waals surface area contributed by atoms with Gasteiger partial charge >= 0.3 is 11.9 Å². The standard InChI is InChI=1S/C28H33NO5/c1-8-32-27(31)26(34-28(5,6)7)24-18(3)15-23-22(14-13-21(29-23)16-33-19(4)30)25(24)20-11-9-17(2)10-12-20/h9-15,26H,8,16H2,1-7H3/t26-/m0/s1. The van der Waals surface area contributed by atoms with Crippen LogP contribution >= 0.6 is 0 Å². The molecule has 3 aromatic rings. The molecule has 0 aliphatic carbocycles. The first kappa shape index (κ1) is 25.4. The number of ether oxygens (including phenoxy) is 3. The molecule has 0 aliphatic heterocycles. The van der Waals surface area contributed by atoms with Crippen LogP contribution in [0.15, 0.2) is 42.5 Å². The molecule has 1 aromatic heterocycles. The number of carbonyl (C=O) groups is 2. The molecule has 0 bridgehead atoms. The largest absolute Gasteiger partial charge is 0.464 e. The highest BCUT2D eigenvalue weighted by Gasteiger charge is 2.33. The van der Waals surface area contributed by atoms with E-state index in [-0.39, 0.29) is 19.2 Å². The van der Waals surface area contributed by atoms with Crippen molar-refractivity contribution in [2.75, 3.05) is 6.61 Å². The van der Waals surface area contributed by atoms with E-state index in [0.29, 0.717) is 5.69 Å². The van der Waals surface area contributed by atoms with Gasteiger partial charge in [-0.25, -0.2) is 9.78 Å². The van der Waals surface area contributed by atoms with Gasteiger partial charge in [0, 0.05) is 17.9 Å². The van der Waals surface area contributed by atoms with Gasteiger partial charge in [-0.05, 0) is 70.4 Å². The van der Waals surface area contributed by atoms with Crippen LogP contribution in [-0.2, 0) is 30.4 Å². The van der Waals surface area contributed by atoms with E-state index < -0.39 is 17.7 Å². The fourth-order valence-electron chi connectivity index (χ4n) is 3.89. The van der Waals surface area contributed by atoms with E-state index >= 15 is 0 Å². The van der Waals surface area contributed by atoms with Crippen LogP contribution in [-0.4, -0.2) is 29.1 Å². The summed E-state index contributed by atoms with van der Waals surface area (Å²) in [4.78, 5) is 29.1. The lowest BCUT2D eigenvalue weighted by atomic mass is 9.88. The number of aryl methyl sites for hydroxylation is 2. The van der Waals surface area contributed by atoms with Crippen molar-refractivity contribution in [3.8, 4) is 11.1 Å². The van der Waals surface area contributed by atoms with E-state index in [1.807, 2.05) is 77.1 Å². The summed E-state index contributed by atoms with van der Waals surface area (Å²) in [5.74, 6) is -0.780. The molecule has 0 aliphatic rings. The van der Waals surface area contributed by atoms with Gasteiger partial charge in [0.1, 0.15) is 6.61 Å². The van der Waals surface area contributed by atoms with Crippen LogP contribution in [0.4, 0.5) is 0 Å². The Morgan fingerprint density at radius 3 is 2.26 bits per heavy atom. The minimum atomic E-state index is -0.902. The zero-order chi connectivity index (χ0) is 25.0. The summed E-state index contributed by atoms with van der Waals surface area (Å²) in [7, 11) is 0. The maximum atomic E-state index is 13.1. The second-order valence-electron chi connectivity index (χ2n) is 9.36. The van der Waals surface area contributed by atoms with E-state index in [0.717, 1.165) is 38.7 Å². The molecule has 0 radical (unpaired) electrons. The van der Waals surface area contributed by atoms with Gasteiger partial charge in [0.2, 0.25) is 0 Å². The van der Waals surface area contributed by atoms with Gasteiger partial charge < -0.3 is 14.2 Å². The van der Waals surface area contributed by atoms with Gasteiger partial charge in [-0.15, -0.1) is 0 Å². The highest BCUT2D eigenvalue weighted by Crippen LogP contribution is 2.40. The normalized spacial score (nSPS) is 12.4. The Kier molecular flexibility index (Phi) is 7.72. The number of hydrogen-bond acceptors (Lipinski definition) is 6. The van der Waals surface area contributed by atoms with Crippen LogP contribution in [0, 0.1) is 13.8 Å². The summed E-state index contributed by atoms with van der Waals surface area (Å²) in [5.41, 5.74) is 5.42. The van der Waals surface area contributed by atoms with Crippen LogP contribution in [0.25, 0.3) is 22.0 Å². The molecule has 0 saturated heterocycles. The van der Waals surface area contributed by atoms with Crippen molar-refractivity contribution in [1.29, 1.82) is 0 Å². The monoisotopic (exact) mass is 463 g/mol. The molecule has 0 unspecified atom stereocenters. The second-order valence-corrected chi connectivity index (χ2v) is 9.36. The third-order valence-corrected chi connectivity index (χ3v) is 5.30. The Morgan fingerprint density at radius 2 is 1.68 bits per heavy atom. The van der Waals surface area contributed by atoms with E-state index in [1.54, 1.807) is 6.92 Å². The number of fused-ring (bicyclic) bond motifs is 1. The Labute approximate surface area is 201 Å². The molecule has 3 rings (SSSR count). The second kappa shape index (κ2) is 10.3. The van der Waals surface area contributed by atoms with Gasteiger partial charge in [0.25, 0.3) is 0 Å². The van der Waals surface area contributed by atoms with Crippen LogP contribution in [0.1, 0.15) is 63.1 Å². The van der Waals surface area contributed by atoms with Crippen LogP contribution in [0.5, 0.6) is 0 Å². The Morgan fingerprint density at radius 1 is 1.00 bits per heavy atom. The smallest absolute Gasteiger partial charge is 0.339 e. The summed E-state index contributed by atoms with van der Waals surface area (Å²) in [6, 6.07) is 13.9. The zero-order valence-electron chi connectivity index (χ0n) is 21.0. The molecular weight excluding hydrogens is 430 g/mol. The van der Waals surface area contributed by atoms with Crippen molar-refractivity contribution < 1.29 is 23.8 Å². The predicted octanol–water partition coefficient (Wildman–Crippen LogP) is 6.00. The average Bonchev–Trinajstić information content (AvgIpc) is 2.75. The molecule has 6 heteroatoms. The van der Waals surface area contributed by atoms with Crippen molar-refractivity contribution in [3.05, 3.63) is 64.8 Å². The first-order valence-corrected chi connectivity index (χ1v) is 11.5. The summed E-state index contributed by atoms with van der Waals surface area (Å²) >= 11 is 0. The lowest BCUT2D eigenvalue weighted by Crippen LogP contribution is -2.29. The van der Waals surface area contributed by atoms with Crippen molar-refractivity contribution in [3.63, 3.8) is 0 Å². The summed E-state index contributed by atoms with van der Waals surface area (Å²) in [6.07, 6.45) is -0.902. The lowest BCUT2D eigenvalue weighted by molar-refractivity contribution is -0.166. The van der Waals surface area contributed by atoms with Crippen molar-refractivity contribution in [2.45, 2.75) is 66.8 Å². The molecule has 6 nitrogen and oxygen atoms in total. The Balaban J connectivity index is 2.30. The van der Waals surface area contributed by atoms with Gasteiger partial charge in [-0.3, -0.25) is 4.79 Å². The maximum absolute atomic E-state index is 13.1. The topological polar surface area (TPSA) is 74.7 Å². The fourth-order valence-corrected chi connectivity index (χ4v) is 3.89. The average molecular weight is 464 g/mol. The van der Waals surface area contributed by atoms with E-state index in [9.17, 15) is 9.59 Å². The van der Waals surface area contributed by atoms with E-state index in [2.05, 4.69) is 0 Å². The quantitative estimate of drug-likeness (QED) is 0.400. The van der Waals surface area contributed by atoms with E-state index in [1.165, 1.54) is 6.92 Å². The molecule has 1 heterocycles. The maximum Gasteiger partial charge on any atom is 0.339 e. The number of benzene rings is 2. The minimum absolute atomic E-state index is 0.102. The molecule has 0 amide bonds. The van der Waals surface area contributed by atoms with Gasteiger partial charge in [0.05, 0.1) is 23.4 Å². The summed E-state index contributed by atoms with van der Waals surface area (Å²) in [6.45, 7) is 13.3. The van der Waals surface area contributed by atoms with Crippen LogP contribution in [0.3, 0.4) is 0 Å². The third-order valence-electron chi connectivity index (χ3n) is 5.30. The van der Waals surface area contributed by atoms with Gasteiger partial charge in [0.15, 0.2) is 6.10 Å². The summed E-state index contributed by atoms with van der Waals surface area (Å²) in [5, 5.41) is 0.878. The molecule has 0 spiro atoms. The fraction of sp³-hybridized carbons (Fsp3) is 0.393. The molecule has 0 fully saturated rings. The summed E-state index contributed by atoms with van der Waals surface area (Å²) < 4.78 is 16.8. The number of pyridine rings is 1. The van der Waals surface area contributed by atoms with Crippen molar-refractivity contribution in [2.24, 2.45) is 0 Å². The number of hydrogen-bond donors (Lipinski definition) is 0. The van der Waals surface area contributed by atoms with E-state index in [4.69, 9.17) is 19.2 Å². The van der Waals surface area contributed by atoms with Gasteiger partial charge in [-0.2, -0.15) is 0 Å². The number of rotatable bonds is 7. The predicted molar refractivity (Wildman–Crippen MR) is 132 cm³/mol. The molecule has 1 atom stereocenters. The zero-order valence-corrected chi connectivity index (χ0v) is 21.0. The number of nitrogens with zero attached hydrogens (tertiary/aromatic N) is 1. The molecule has 180 valence electrons. The molecule has 34 heavy (non-hydrogen) atoms. The lowest BCUT2D eigenvalue weighted by Gasteiger charge is -2.29. The molecule has 0 saturated carbocycles. The number of carbonyl (C=O) groups excluding carboxylic acids is 2. The first-order valence-electron chi connectivity index (χ1n) is 11.5. The van der Waals surface area contributed by atoms with Gasteiger partial charge in [-0.1, -0.05) is 35.9 Å². The molecule has 2 aromatic carbocycles. The van der Waals surface area contributed by atoms with Crippen molar-refractivity contribution >= 4 is 22.8 Å².